The van der Waals surface area contributed by atoms with E-state index < -0.39 is 0 Å². The second-order valence-electron chi connectivity index (χ2n) is 1.88. The average Bonchev–Trinajstić information content (AvgIpc) is 1.85. The van der Waals surface area contributed by atoms with Crippen LogP contribution in [0.4, 0.5) is 0 Å². The molecule has 52 valence electrons. The van der Waals surface area contributed by atoms with Gasteiger partial charge in [0.05, 0.1) is 12.4 Å². The van der Waals surface area contributed by atoms with Crippen molar-refractivity contribution in [2.24, 2.45) is 0 Å². The van der Waals surface area contributed by atoms with Crippen molar-refractivity contribution in [3.63, 3.8) is 0 Å². The first-order valence-electron chi connectivity index (χ1n) is 3.22. The molecule has 0 saturated carbocycles. The predicted molar refractivity (Wildman–Crippen MR) is 40.2 cm³/mol. The summed E-state index contributed by atoms with van der Waals surface area (Å²) in [4.78, 5) is 0. The van der Waals surface area contributed by atoms with E-state index in [0.29, 0.717) is 0 Å². The minimum atomic E-state index is 0.764. The Balaban J connectivity index is 3.16. The topological polar surface area (TPSA) is 9.23 Å². The minimum Gasteiger partial charge on any atom is -0.498 e. The molecule has 0 radical (unpaired) electrons. The Bertz CT molecular complexity index is 94.7. The fraction of sp³-hybridized carbons (Fsp3) is 0.500. The summed E-state index contributed by atoms with van der Waals surface area (Å²) in [6, 6.07) is 0. The summed E-state index contributed by atoms with van der Waals surface area (Å²) in [7, 11) is 0. The molecule has 1 heteroatoms. The van der Waals surface area contributed by atoms with Gasteiger partial charge in [-0.25, -0.2) is 0 Å². The van der Waals surface area contributed by atoms with E-state index in [4.69, 9.17) is 4.74 Å². The van der Waals surface area contributed by atoms with E-state index in [9.17, 15) is 0 Å². The quantitative estimate of drug-likeness (QED) is 0.406. The zero-order valence-corrected chi connectivity index (χ0v) is 6.02. The molecule has 0 aromatic rings. The zero-order chi connectivity index (χ0) is 7.11. The molecule has 0 aliphatic rings. The number of allylic oxidation sites excluding steroid dienone is 1. The molecule has 0 aromatic heterocycles. The van der Waals surface area contributed by atoms with Crippen LogP contribution in [0, 0.1) is 0 Å². The molecule has 0 amide bonds. The first-order valence-corrected chi connectivity index (χ1v) is 3.22. The molecular formula is C8H14O. The molecule has 0 unspecified atom stereocenters. The highest BCUT2D eigenvalue weighted by atomic mass is 16.5. The monoisotopic (exact) mass is 126 g/mol. The lowest BCUT2D eigenvalue weighted by atomic mass is 10.4. The van der Waals surface area contributed by atoms with Crippen LogP contribution in [0.3, 0.4) is 0 Å². The van der Waals surface area contributed by atoms with Gasteiger partial charge in [-0.15, -0.1) is 6.58 Å². The van der Waals surface area contributed by atoms with Crippen LogP contribution in [0.5, 0.6) is 0 Å². The maximum atomic E-state index is 5.17. The summed E-state index contributed by atoms with van der Waals surface area (Å²) in [6.07, 6.45) is 3.59. The molecule has 0 fully saturated rings. The van der Waals surface area contributed by atoms with Gasteiger partial charge >= 0.3 is 0 Å². The number of hydrogen-bond donors (Lipinski definition) is 0. The van der Waals surface area contributed by atoms with Crippen molar-refractivity contribution in [3.8, 4) is 0 Å². The van der Waals surface area contributed by atoms with Crippen molar-refractivity contribution in [3.05, 3.63) is 25.0 Å². The number of rotatable bonds is 5. The van der Waals surface area contributed by atoms with E-state index in [1.807, 2.05) is 0 Å². The number of hydrogen-bond acceptors (Lipinski definition) is 1. The largest absolute Gasteiger partial charge is 0.498 e. The SMILES string of the molecule is C=CCC(=C)OCCC. The fourth-order valence-corrected chi connectivity index (χ4v) is 0.466. The predicted octanol–water partition coefficient (Wildman–Crippen LogP) is 2.50. The molecule has 0 rings (SSSR count). The van der Waals surface area contributed by atoms with E-state index in [2.05, 4.69) is 20.1 Å². The van der Waals surface area contributed by atoms with Crippen LogP contribution in [-0.2, 0) is 4.74 Å². The third-order valence-electron chi connectivity index (χ3n) is 0.882. The molecule has 0 atom stereocenters. The Kier molecular flexibility index (Phi) is 4.98. The molecule has 0 aliphatic heterocycles. The maximum Gasteiger partial charge on any atom is 0.0925 e. The lowest BCUT2D eigenvalue weighted by Gasteiger charge is -2.03. The fourth-order valence-electron chi connectivity index (χ4n) is 0.466. The van der Waals surface area contributed by atoms with E-state index in [1.54, 1.807) is 6.08 Å². The van der Waals surface area contributed by atoms with Gasteiger partial charge in [0.1, 0.15) is 0 Å². The van der Waals surface area contributed by atoms with Crippen molar-refractivity contribution >= 4 is 0 Å². The van der Waals surface area contributed by atoms with E-state index >= 15 is 0 Å². The Labute approximate surface area is 57.0 Å². The van der Waals surface area contributed by atoms with Crippen molar-refractivity contribution in [2.75, 3.05) is 6.61 Å². The lowest BCUT2D eigenvalue weighted by Crippen LogP contribution is -1.90. The Morgan fingerprint density at radius 1 is 1.67 bits per heavy atom. The van der Waals surface area contributed by atoms with Crippen molar-refractivity contribution in [1.82, 2.24) is 0 Å². The van der Waals surface area contributed by atoms with Gasteiger partial charge in [-0.1, -0.05) is 19.6 Å². The van der Waals surface area contributed by atoms with Gasteiger partial charge in [-0.3, -0.25) is 0 Å². The Morgan fingerprint density at radius 2 is 2.33 bits per heavy atom. The van der Waals surface area contributed by atoms with E-state index in [1.165, 1.54) is 0 Å². The molecule has 0 aromatic carbocycles. The molecule has 0 saturated heterocycles. The molecule has 1 nitrogen and oxygen atoms in total. The highest BCUT2D eigenvalue weighted by molar-refractivity contribution is 4.90. The molecule has 0 aliphatic carbocycles. The van der Waals surface area contributed by atoms with E-state index in [0.717, 1.165) is 25.2 Å². The van der Waals surface area contributed by atoms with E-state index in [-0.39, 0.29) is 0 Å². The normalized spacial score (nSPS) is 8.56. The van der Waals surface area contributed by atoms with Crippen LogP contribution in [0.1, 0.15) is 19.8 Å². The molecule has 0 bridgehead atoms. The molecule has 0 heterocycles. The van der Waals surface area contributed by atoms with Crippen molar-refractivity contribution in [2.45, 2.75) is 19.8 Å². The van der Waals surface area contributed by atoms with Gasteiger partial charge in [-0.05, 0) is 6.42 Å². The van der Waals surface area contributed by atoms with Crippen LogP contribution < -0.4 is 0 Å². The summed E-state index contributed by atoms with van der Waals surface area (Å²) in [6.45, 7) is 10.1. The third-order valence-corrected chi connectivity index (χ3v) is 0.882. The Morgan fingerprint density at radius 3 is 2.78 bits per heavy atom. The zero-order valence-electron chi connectivity index (χ0n) is 6.02. The van der Waals surface area contributed by atoms with Gasteiger partial charge in [0.25, 0.3) is 0 Å². The maximum absolute atomic E-state index is 5.17. The summed E-state index contributed by atoms with van der Waals surface area (Å²) in [5.41, 5.74) is 0. The first kappa shape index (κ1) is 8.28. The average molecular weight is 126 g/mol. The van der Waals surface area contributed by atoms with Gasteiger partial charge < -0.3 is 4.74 Å². The van der Waals surface area contributed by atoms with Crippen LogP contribution in [0.2, 0.25) is 0 Å². The smallest absolute Gasteiger partial charge is 0.0925 e. The molecular weight excluding hydrogens is 112 g/mol. The number of ether oxygens (including phenoxy) is 1. The van der Waals surface area contributed by atoms with Gasteiger partial charge in [0.2, 0.25) is 0 Å². The third kappa shape index (κ3) is 5.15. The molecule has 0 spiro atoms. The van der Waals surface area contributed by atoms with Crippen LogP contribution in [0.15, 0.2) is 25.0 Å². The van der Waals surface area contributed by atoms with Gasteiger partial charge in [0.15, 0.2) is 0 Å². The second kappa shape index (κ2) is 5.42. The van der Waals surface area contributed by atoms with Crippen LogP contribution >= 0.6 is 0 Å². The second-order valence-corrected chi connectivity index (χ2v) is 1.88. The van der Waals surface area contributed by atoms with Crippen molar-refractivity contribution in [1.29, 1.82) is 0 Å². The Hall–Kier alpha value is -0.720. The van der Waals surface area contributed by atoms with Gasteiger partial charge in [0, 0.05) is 6.42 Å². The summed E-state index contributed by atoms with van der Waals surface area (Å²) in [5, 5.41) is 0. The van der Waals surface area contributed by atoms with Crippen LogP contribution in [0.25, 0.3) is 0 Å². The highest BCUT2D eigenvalue weighted by Crippen LogP contribution is 2.00. The lowest BCUT2D eigenvalue weighted by molar-refractivity contribution is 0.209. The summed E-state index contributed by atoms with van der Waals surface area (Å²) < 4.78 is 5.17. The molecule has 9 heavy (non-hydrogen) atoms. The standard InChI is InChI=1S/C8H14O/c1-4-6-8(3)9-7-5-2/h4H,1,3,5-7H2,2H3. The summed E-state index contributed by atoms with van der Waals surface area (Å²) >= 11 is 0. The first-order chi connectivity index (χ1) is 4.31. The molecule has 0 N–H and O–H groups in total. The van der Waals surface area contributed by atoms with Crippen molar-refractivity contribution < 1.29 is 4.74 Å². The summed E-state index contributed by atoms with van der Waals surface area (Å²) in [5.74, 6) is 0.812. The minimum absolute atomic E-state index is 0.764. The highest BCUT2D eigenvalue weighted by Gasteiger charge is 1.87. The van der Waals surface area contributed by atoms with Crippen LogP contribution in [-0.4, -0.2) is 6.61 Å². The van der Waals surface area contributed by atoms with Gasteiger partial charge in [-0.2, -0.15) is 0 Å².